The van der Waals surface area contributed by atoms with Crippen molar-refractivity contribution in [1.29, 1.82) is 0 Å². The fourth-order valence-electron chi connectivity index (χ4n) is 3.76. The van der Waals surface area contributed by atoms with E-state index in [4.69, 9.17) is 15.2 Å². The fraction of sp³-hybridized carbons (Fsp3) is 0.524. The summed E-state index contributed by atoms with van der Waals surface area (Å²) in [5.74, 6) is -1.40. The van der Waals surface area contributed by atoms with Gasteiger partial charge in [0.25, 0.3) is 0 Å². The Balaban J connectivity index is 1.61. The molecular formula is C21H27N3O7S. The average Bonchev–Trinajstić information content (AvgIpc) is 2.96. The lowest BCUT2D eigenvalue weighted by Crippen LogP contribution is -2.71. The van der Waals surface area contributed by atoms with Gasteiger partial charge >= 0.3 is 12.1 Å². The van der Waals surface area contributed by atoms with Crippen LogP contribution in [0.25, 0.3) is 0 Å². The van der Waals surface area contributed by atoms with Crippen LogP contribution in [0.4, 0.5) is 10.5 Å². The van der Waals surface area contributed by atoms with E-state index in [0.717, 1.165) is 0 Å². The van der Waals surface area contributed by atoms with E-state index in [1.54, 1.807) is 31.2 Å². The van der Waals surface area contributed by atoms with Crippen molar-refractivity contribution in [2.24, 2.45) is 0 Å². The maximum Gasteiger partial charge on any atom is 0.511 e. The smallest absolute Gasteiger partial charge is 0.435 e. The number of β-lactam (4-membered cyclic amide) rings is 1. The number of hydrogen-bond donors (Lipinski definition) is 2. The van der Waals surface area contributed by atoms with Gasteiger partial charge in [0.05, 0.1) is 13.0 Å². The van der Waals surface area contributed by atoms with E-state index in [-0.39, 0.29) is 24.8 Å². The normalized spacial score (nSPS) is 24.1. The van der Waals surface area contributed by atoms with Crippen molar-refractivity contribution in [3.8, 4) is 0 Å². The van der Waals surface area contributed by atoms with Crippen LogP contribution in [-0.4, -0.2) is 63.9 Å². The maximum absolute atomic E-state index is 12.8. The SMILES string of the molecule is CCOC(=O)OC(C)OC(=O)[C@@H]1N2C(=O)C(NC(=O)Cc3ccccc3N)[C@H]2SC1(C)C. The first-order chi connectivity index (χ1) is 15.0. The lowest BCUT2D eigenvalue weighted by Gasteiger charge is -2.44. The molecule has 0 radical (unpaired) electrons. The molecule has 0 bridgehead atoms. The highest BCUT2D eigenvalue weighted by Gasteiger charge is 2.64. The van der Waals surface area contributed by atoms with Crippen LogP contribution in [0.15, 0.2) is 24.3 Å². The van der Waals surface area contributed by atoms with Gasteiger partial charge in [0.2, 0.25) is 18.1 Å². The zero-order valence-electron chi connectivity index (χ0n) is 18.3. The quantitative estimate of drug-likeness (QED) is 0.265. The largest absolute Gasteiger partial charge is 0.511 e. The molecule has 2 aliphatic rings. The first-order valence-electron chi connectivity index (χ1n) is 10.2. The van der Waals surface area contributed by atoms with Crippen molar-refractivity contribution in [2.75, 3.05) is 12.3 Å². The minimum Gasteiger partial charge on any atom is -0.435 e. The number of carbonyl (C=O) groups excluding carboxylic acids is 4. The number of para-hydroxylation sites is 1. The number of nitrogen functional groups attached to an aromatic ring is 1. The third kappa shape index (κ3) is 4.77. The molecule has 1 aromatic carbocycles. The van der Waals surface area contributed by atoms with Gasteiger partial charge in [-0.3, -0.25) is 9.59 Å². The number of nitrogens with two attached hydrogens (primary N) is 1. The summed E-state index contributed by atoms with van der Waals surface area (Å²) in [6.07, 6.45) is -2.08. The molecule has 174 valence electrons. The van der Waals surface area contributed by atoms with E-state index in [9.17, 15) is 19.2 Å². The molecule has 2 fully saturated rings. The van der Waals surface area contributed by atoms with Crippen molar-refractivity contribution in [1.82, 2.24) is 10.2 Å². The molecule has 2 heterocycles. The number of carbonyl (C=O) groups is 4. The van der Waals surface area contributed by atoms with E-state index in [0.29, 0.717) is 11.3 Å². The number of thioether (sulfide) groups is 1. The topological polar surface area (TPSA) is 137 Å². The van der Waals surface area contributed by atoms with Crippen molar-refractivity contribution in [2.45, 2.75) is 62.6 Å². The molecule has 0 aromatic heterocycles. The summed E-state index contributed by atoms with van der Waals surface area (Å²) >= 11 is 1.40. The number of ether oxygens (including phenoxy) is 3. The van der Waals surface area contributed by atoms with Gasteiger partial charge in [-0.1, -0.05) is 18.2 Å². The number of nitrogens with zero attached hydrogens (tertiary/aromatic N) is 1. The molecule has 0 saturated carbocycles. The summed E-state index contributed by atoms with van der Waals surface area (Å²) in [6.45, 7) is 6.76. The highest BCUT2D eigenvalue weighted by Crippen LogP contribution is 2.51. The Morgan fingerprint density at radius 1 is 1.25 bits per heavy atom. The molecule has 3 rings (SSSR count). The first kappa shape index (κ1) is 23.7. The van der Waals surface area contributed by atoms with Crippen LogP contribution in [0.5, 0.6) is 0 Å². The Labute approximate surface area is 190 Å². The molecule has 3 N–H and O–H groups in total. The first-order valence-corrected chi connectivity index (χ1v) is 11.1. The number of amides is 2. The van der Waals surface area contributed by atoms with Crippen molar-refractivity contribution < 1.29 is 33.4 Å². The van der Waals surface area contributed by atoms with E-state index >= 15 is 0 Å². The lowest BCUT2D eigenvalue weighted by molar-refractivity contribution is -0.180. The van der Waals surface area contributed by atoms with Gasteiger partial charge in [-0.15, -0.1) is 11.8 Å². The van der Waals surface area contributed by atoms with Crippen LogP contribution in [-0.2, 0) is 35.0 Å². The van der Waals surface area contributed by atoms with Crippen LogP contribution in [0.3, 0.4) is 0 Å². The third-order valence-corrected chi connectivity index (χ3v) is 6.76. The van der Waals surface area contributed by atoms with Gasteiger partial charge in [-0.05, 0) is 32.4 Å². The Bertz CT molecular complexity index is 922. The summed E-state index contributed by atoms with van der Waals surface area (Å²) < 4.78 is 14.1. The molecule has 2 saturated heterocycles. The van der Waals surface area contributed by atoms with Crippen molar-refractivity contribution in [3.05, 3.63) is 29.8 Å². The van der Waals surface area contributed by atoms with E-state index in [1.165, 1.54) is 23.6 Å². The van der Waals surface area contributed by atoms with Gasteiger partial charge in [-0.25, -0.2) is 9.59 Å². The number of rotatable bonds is 7. The number of hydrogen-bond acceptors (Lipinski definition) is 9. The predicted octanol–water partition coefficient (Wildman–Crippen LogP) is 1.42. The Morgan fingerprint density at radius 3 is 2.59 bits per heavy atom. The molecule has 1 aromatic rings. The molecule has 4 atom stereocenters. The van der Waals surface area contributed by atoms with Crippen molar-refractivity contribution >= 4 is 41.4 Å². The van der Waals surface area contributed by atoms with Crippen LogP contribution in [0.2, 0.25) is 0 Å². The minimum absolute atomic E-state index is 0.0470. The van der Waals surface area contributed by atoms with Gasteiger partial charge in [0, 0.05) is 17.4 Å². The molecule has 10 nitrogen and oxygen atoms in total. The van der Waals surface area contributed by atoms with Gasteiger partial charge < -0.3 is 30.2 Å². The number of fused-ring (bicyclic) bond motifs is 1. The Morgan fingerprint density at radius 2 is 1.94 bits per heavy atom. The highest BCUT2D eigenvalue weighted by atomic mass is 32.2. The molecule has 2 amide bonds. The van der Waals surface area contributed by atoms with Crippen LogP contribution >= 0.6 is 11.8 Å². The lowest BCUT2D eigenvalue weighted by atomic mass is 9.95. The number of benzene rings is 1. The zero-order chi connectivity index (χ0) is 23.6. The van der Waals surface area contributed by atoms with Gasteiger partial charge in [-0.2, -0.15) is 0 Å². The Hall–Kier alpha value is -2.95. The molecule has 2 aliphatic heterocycles. The summed E-state index contributed by atoms with van der Waals surface area (Å²) in [5, 5.41) is 2.34. The second kappa shape index (κ2) is 9.27. The van der Waals surface area contributed by atoms with Gasteiger partial charge in [0.1, 0.15) is 17.5 Å². The molecule has 0 aliphatic carbocycles. The number of anilines is 1. The summed E-state index contributed by atoms with van der Waals surface area (Å²) in [4.78, 5) is 50.9. The fourth-order valence-corrected chi connectivity index (χ4v) is 5.38. The van der Waals surface area contributed by atoms with Crippen LogP contribution < -0.4 is 11.1 Å². The van der Waals surface area contributed by atoms with E-state index in [1.807, 2.05) is 13.8 Å². The van der Waals surface area contributed by atoms with Crippen LogP contribution in [0, 0.1) is 0 Å². The standard InChI is InChI=1S/C21H27N3O7S/c1-5-29-20(28)31-11(2)30-19(27)16-21(3,4)32-18-15(17(26)24(16)18)23-14(25)10-12-8-6-7-9-13(12)22/h6-9,11,15-16,18H,5,10,22H2,1-4H3,(H,23,25)/t11?,15?,16-,18+/m0/s1. The second-order valence-electron chi connectivity index (χ2n) is 7.99. The van der Waals surface area contributed by atoms with Crippen molar-refractivity contribution in [3.63, 3.8) is 0 Å². The summed E-state index contributed by atoms with van der Waals surface area (Å²) in [5.41, 5.74) is 7.06. The van der Waals surface area contributed by atoms with E-state index < -0.39 is 40.6 Å². The third-order valence-electron chi connectivity index (χ3n) is 5.19. The summed E-state index contributed by atoms with van der Waals surface area (Å²) in [7, 11) is 0. The van der Waals surface area contributed by atoms with Crippen LogP contribution in [0.1, 0.15) is 33.3 Å². The zero-order valence-corrected chi connectivity index (χ0v) is 19.1. The molecular weight excluding hydrogens is 438 g/mol. The van der Waals surface area contributed by atoms with E-state index in [2.05, 4.69) is 10.1 Å². The number of esters is 1. The number of nitrogens with one attached hydrogen (secondary N) is 1. The monoisotopic (exact) mass is 465 g/mol. The highest BCUT2D eigenvalue weighted by molar-refractivity contribution is 8.01. The molecule has 0 spiro atoms. The molecule has 11 heteroatoms. The van der Waals surface area contributed by atoms with Gasteiger partial charge in [0.15, 0.2) is 0 Å². The minimum atomic E-state index is -1.18. The predicted molar refractivity (Wildman–Crippen MR) is 116 cm³/mol. The maximum atomic E-state index is 12.8. The molecule has 2 unspecified atom stereocenters. The second-order valence-corrected chi connectivity index (χ2v) is 9.76. The summed E-state index contributed by atoms with van der Waals surface area (Å²) in [6, 6.07) is 5.38. The molecule has 32 heavy (non-hydrogen) atoms. The average molecular weight is 466 g/mol. The Kier molecular flexibility index (Phi) is 6.87.